The molecule has 3 aliphatic rings. The quantitative estimate of drug-likeness (QED) is 0.202. The second-order valence-electron chi connectivity index (χ2n) is 12.4. The Kier molecular flexibility index (Phi) is 5.32. The van der Waals surface area contributed by atoms with Gasteiger partial charge in [0.1, 0.15) is 11.5 Å². The minimum absolute atomic E-state index is 0.452. The number of hydrogen-bond donors (Lipinski definition) is 0. The highest BCUT2D eigenvalue weighted by molar-refractivity contribution is 6.03. The number of nitrogens with zero attached hydrogens (tertiary/aromatic N) is 2. The minimum atomic E-state index is -0.452. The molecule has 10 rings (SSSR count). The van der Waals surface area contributed by atoms with Gasteiger partial charge in [0.15, 0.2) is 5.82 Å². The largest absolute Gasteiger partial charge is 0.457 e. The van der Waals surface area contributed by atoms with Crippen LogP contribution < -0.4 is 4.74 Å². The first-order chi connectivity index (χ1) is 22.8. The molecule has 216 valence electrons. The Balaban J connectivity index is 1.26. The van der Waals surface area contributed by atoms with E-state index in [0.717, 1.165) is 57.6 Å². The summed E-state index contributed by atoms with van der Waals surface area (Å²) in [5, 5.41) is 3.42. The fourth-order valence-corrected chi connectivity index (χ4v) is 8.15. The van der Waals surface area contributed by atoms with E-state index in [1.165, 1.54) is 38.6 Å². The molecular weight excluding hydrogens is 560 g/mol. The molecule has 7 aromatic rings. The molecule has 0 radical (unpaired) electrons. The van der Waals surface area contributed by atoms with E-state index in [1.807, 2.05) is 0 Å². The first kappa shape index (κ1) is 25.5. The zero-order chi connectivity index (χ0) is 30.2. The van der Waals surface area contributed by atoms with Crippen LogP contribution in [0.3, 0.4) is 0 Å². The van der Waals surface area contributed by atoms with E-state index < -0.39 is 5.41 Å². The van der Waals surface area contributed by atoms with Crippen LogP contribution in [0, 0.1) is 0 Å². The minimum Gasteiger partial charge on any atom is -0.457 e. The van der Waals surface area contributed by atoms with Crippen molar-refractivity contribution in [2.24, 2.45) is 0 Å². The number of rotatable bonds is 2. The number of aromatic nitrogens is 2. The highest BCUT2D eigenvalue weighted by Crippen LogP contribution is 2.63. The molecule has 6 aromatic carbocycles. The third kappa shape index (κ3) is 3.43. The molecule has 2 aliphatic carbocycles. The van der Waals surface area contributed by atoms with Crippen LogP contribution in [0.1, 0.15) is 35.1 Å². The number of allylic oxidation sites excluding steroid dienone is 4. The molecular formula is C43H28N2O. The first-order valence-corrected chi connectivity index (χ1v) is 16.0. The van der Waals surface area contributed by atoms with Crippen LogP contribution in [0.15, 0.2) is 151 Å². The molecule has 1 spiro atoms. The van der Waals surface area contributed by atoms with E-state index in [9.17, 15) is 0 Å². The van der Waals surface area contributed by atoms with Gasteiger partial charge in [-0.25, -0.2) is 9.97 Å². The Labute approximate surface area is 267 Å². The van der Waals surface area contributed by atoms with E-state index in [1.54, 1.807) is 0 Å². The molecule has 1 atom stereocenters. The standard InChI is InChI=1S/C43H28N2O/c1-2-14-29-27(12-1)13-11-18-32(29)41-33-17-5-9-22-38(33)44-42(45-41)28-24-25-40-37(26-28)43(36-21-8-10-23-39(36)46-40)34-19-6-3-15-30(34)31-16-4-7-20-35(31)43/h1-6,8-19,21-26H,7,20H2. The van der Waals surface area contributed by atoms with Crippen LogP contribution in [0.2, 0.25) is 0 Å². The van der Waals surface area contributed by atoms with Crippen LogP contribution in [-0.4, -0.2) is 9.97 Å². The van der Waals surface area contributed by atoms with E-state index in [2.05, 4.69) is 146 Å². The van der Waals surface area contributed by atoms with Crippen LogP contribution in [-0.2, 0) is 5.41 Å². The average Bonchev–Trinajstić information content (AvgIpc) is 3.42. The topological polar surface area (TPSA) is 35.0 Å². The zero-order valence-electron chi connectivity index (χ0n) is 25.1. The van der Waals surface area contributed by atoms with Crippen molar-refractivity contribution in [3.05, 3.63) is 173 Å². The molecule has 3 nitrogen and oxygen atoms in total. The highest BCUT2D eigenvalue weighted by atomic mass is 16.5. The van der Waals surface area contributed by atoms with Gasteiger partial charge in [-0.1, -0.05) is 115 Å². The SMILES string of the molecule is C1=CC2=C(CC1)C1(c3ccccc3Oc3ccc(-c4nc(-c5cccc6ccccc56)c5ccccc5n4)cc31)c1ccccc12. The number of para-hydroxylation sites is 2. The van der Waals surface area contributed by atoms with Gasteiger partial charge in [0.05, 0.1) is 16.6 Å². The molecule has 1 aliphatic heterocycles. The van der Waals surface area contributed by atoms with Crippen molar-refractivity contribution in [2.45, 2.75) is 18.3 Å². The molecule has 0 saturated carbocycles. The summed E-state index contributed by atoms with van der Waals surface area (Å²) >= 11 is 0. The molecule has 46 heavy (non-hydrogen) atoms. The molecule has 0 saturated heterocycles. The van der Waals surface area contributed by atoms with Crippen molar-refractivity contribution in [1.29, 1.82) is 0 Å². The molecule has 2 heterocycles. The first-order valence-electron chi connectivity index (χ1n) is 16.0. The van der Waals surface area contributed by atoms with Gasteiger partial charge < -0.3 is 4.74 Å². The molecule has 0 bridgehead atoms. The summed E-state index contributed by atoms with van der Waals surface area (Å²) in [6.07, 6.45) is 6.66. The van der Waals surface area contributed by atoms with Gasteiger partial charge in [-0.05, 0) is 76.2 Å². The summed E-state index contributed by atoms with van der Waals surface area (Å²) in [5.74, 6) is 2.51. The lowest BCUT2D eigenvalue weighted by Gasteiger charge is -2.41. The summed E-state index contributed by atoms with van der Waals surface area (Å²) in [4.78, 5) is 10.5. The number of ether oxygens (including phenoxy) is 1. The van der Waals surface area contributed by atoms with E-state index in [0.29, 0.717) is 5.82 Å². The molecule has 3 heteroatoms. The summed E-state index contributed by atoms with van der Waals surface area (Å²) in [7, 11) is 0. The lowest BCUT2D eigenvalue weighted by Crippen LogP contribution is -2.33. The van der Waals surface area contributed by atoms with Gasteiger partial charge in [0.2, 0.25) is 0 Å². The van der Waals surface area contributed by atoms with E-state index in [-0.39, 0.29) is 0 Å². The maximum Gasteiger partial charge on any atom is 0.160 e. The Morgan fingerprint density at radius 3 is 2.28 bits per heavy atom. The van der Waals surface area contributed by atoms with Gasteiger partial charge in [-0.2, -0.15) is 0 Å². The van der Waals surface area contributed by atoms with Gasteiger partial charge in [0.25, 0.3) is 0 Å². The fraction of sp³-hybridized carbons (Fsp3) is 0.0698. The van der Waals surface area contributed by atoms with E-state index >= 15 is 0 Å². The second-order valence-corrected chi connectivity index (χ2v) is 12.4. The van der Waals surface area contributed by atoms with Crippen LogP contribution in [0.5, 0.6) is 11.5 Å². The van der Waals surface area contributed by atoms with E-state index in [4.69, 9.17) is 14.7 Å². The second kappa shape index (κ2) is 9.60. The lowest BCUT2D eigenvalue weighted by atomic mass is 9.64. The lowest BCUT2D eigenvalue weighted by molar-refractivity contribution is 0.432. The van der Waals surface area contributed by atoms with Crippen molar-refractivity contribution in [3.63, 3.8) is 0 Å². The van der Waals surface area contributed by atoms with Crippen LogP contribution in [0.4, 0.5) is 0 Å². The van der Waals surface area contributed by atoms with Gasteiger partial charge in [-0.15, -0.1) is 0 Å². The number of benzene rings is 6. The Morgan fingerprint density at radius 1 is 0.587 bits per heavy atom. The normalized spacial score (nSPS) is 17.5. The third-order valence-electron chi connectivity index (χ3n) is 10.0. The molecule has 0 fully saturated rings. The fourth-order valence-electron chi connectivity index (χ4n) is 8.15. The monoisotopic (exact) mass is 588 g/mol. The molecule has 0 N–H and O–H groups in total. The Bertz CT molecular complexity index is 2470. The Hall–Kier alpha value is -5.80. The van der Waals surface area contributed by atoms with Crippen molar-refractivity contribution in [1.82, 2.24) is 9.97 Å². The van der Waals surface area contributed by atoms with Crippen LogP contribution in [0.25, 0.3) is 49.9 Å². The molecule has 1 aromatic heterocycles. The summed E-state index contributed by atoms with van der Waals surface area (Å²) in [6.45, 7) is 0. The summed E-state index contributed by atoms with van der Waals surface area (Å²) in [5.41, 5.74) is 11.3. The summed E-state index contributed by atoms with van der Waals surface area (Å²) < 4.78 is 6.68. The predicted octanol–water partition coefficient (Wildman–Crippen LogP) is 10.7. The Morgan fingerprint density at radius 2 is 1.33 bits per heavy atom. The average molecular weight is 589 g/mol. The van der Waals surface area contributed by atoms with Crippen molar-refractivity contribution >= 4 is 27.2 Å². The zero-order valence-corrected chi connectivity index (χ0v) is 25.1. The smallest absolute Gasteiger partial charge is 0.160 e. The maximum atomic E-state index is 6.68. The van der Waals surface area contributed by atoms with Crippen LogP contribution >= 0.6 is 0 Å². The number of fused-ring (bicyclic) bond motifs is 10. The van der Waals surface area contributed by atoms with Crippen molar-refractivity contribution in [2.75, 3.05) is 0 Å². The van der Waals surface area contributed by atoms with Crippen molar-refractivity contribution in [3.8, 4) is 34.1 Å². The predicted molar refractivity (Wildman–Crippen MR) is 186 cm³/mol. The van der Waals surface area contributed by atoms with Crippen molar-refractivity contribution < 1.29 is 4.74 Å². The summed E-state index contributed by atoms with van der Waals surface area (Å²) in [6, 6.07) is 47.3. The maximum absolute atomic E-state index is 6.68. The van der Waals surface area contributed by atoms with Gasteiger partial charge >= 0.3 is 0 Å². The highest BCUT2D eigenvalue weighted by Gasteiger charge is 2.52. The molecule has 1 unspecified atom stereocenters. The van der Waals surface area contributed by atoms with Gasteiger partial charge in [-0.3, -0.25) is 0 Å². The number of hydrogen-bond acceptors (Lipinski definition) is 3. The van der Waals surface area contributed by atoms with Gasteiger partial charge in [0, 0.05) is 27.6 Å². The third-order valence-corrected chi connectivity index (χ3v) is 10.0. The molecule has 0 amide bonds.